The minimum Gasteiger partial charge on any atom is -0.441 e. The number of oxazole rings is 1. The molecule has 0 bridgehead atoms. The van der Waals surface area contributed by atoms with Gasteiger partial charge in [0.15, 0.2) is 0 Å². The molecular weight excluding hydrogens is 378 g/mol. The first-order chi connectivity index (χ1) is 14.6. The van der Waals surface area contributed by atoms with E-state index >= 15 is 0 Å². The number of likely N-dealkylation sites (tertiary alicyclic amines) is 1. The van der Waals surface area contributed by atoms with Crippen LogP contribution in [0.3, 0.4) is 0 Å². The van der Waals surface area contributed by atoms with Crippen molar-refractivity contribution in [3.8, 4) is 11.5 Å². The number of nitrogens with two attached hydrogens (primary N) is 1. The van der Waals surface area contributed by atoms with E-state index < -0.39 is 0 Å². The topological polar surface area (TPSA) is 97.3 Å². The number of nitrogen functional groups attached to an aromatic ring is 1. The lowest BCUT2D eigenvalue weighted by Crippen LogP contribution is -2.42. The van der Waals surface area contributed by atoms with E-state index in [0.29, 0.717) is 31.3 Å². The molecule has 3 N–H and O–H groups in total. The summed E-state index contributed by atoms with van der Waals surface area (Å²) in [6.07, 6.45) is 1.87. The molecule has 4 rings (SSSR count). The Morgan fingerprint density at radius 3 is 2.83 bits per heavy atom. The van der Waals surface area contributed by atoms with Crippen LogP contribution in [-0.4, -0.2) is 33.9 Å². The first kappa shape index (κ1) is 20.1. The molecule has 0 unspecified atom stereocenters. The number of carbonyl (C=O) groups excluding carboxylic acids is 1. The van der Waals surface area contributed by atoms with Gasteiger partial charge in [0.1, 0.15) is 11.6 Å². The van der Waals surface area contributed by atoms with Crippen LogP contribution in [0.5, 0.6) is 0 Å². The number of carbonyl (C=O) groups is 1. The van der Waals surface area contributed by atoms with Gasteiger partial charge in [-0.25, -0.2) is 9.97 Å². The van der Waals surface area contributed by atoms with E-state index in [1.165, 1.54) is 0 Å². The zero-order chi connectivity index (χ0) is 20.9. The number of benzene rings is 1. The molecule has 1 atom stereocenters. The van der Waals surface area contributed by atoms with Gasteiger partial charge in [-0.05, 0) is 50.6 Å². The van der Waals surface area contributed by atoms with Crippen LogP contribution in [0.25, 0.3) is 11.5 Å². The van der Waals surface area contributed by atoms with Crippen LogP contribution in [-0.2, 0) is 17.9 Å². The molecule has 7 nitrogen and oxygen atoms in total. The summed E-state index contributed by atoms with van der Waals surface area (Å²) in [6.45, 7) is 4.68. The minimum atomic E-state index is -0.0411. The van der Waals surface area contributed by atoms with Crippen molar-refractivity contribution >= 4 is 11.7 Å². The van der Waals surface area contributed by atoms with Crippen molar-refractivity contribution in [3.05, 3.63) is 65.7 Å². The number of rotatable bonds is 6. The van der Waals surface area contributed by atoms with E-state index in [9.17, 15) is 4.79 Å². The van der Waals surface area contributed by atoms with Crippen molar-refractivity contribution in [1.82, 2.24) is 20.2 Å². The number of hydrogen-bond acceptors (Lipinski definition) is 6. The number of piperidine rings is 1. The fourth-order valence-electron chi connectivity index (χ4n) is 3.82. The Morgan fingerprint density at radius 2 is 2.03 bits per heavy atom. The fourth-order valence-corrected chi connectivity index (χ4v) is 3.82. The SMILES string of the molecule is Cc1oc(-c2ccccc2)nc1CN1CCC[C@@H](C(=O)NCc2cccc(N)n2)C1. The number of amides is 1. The highest BCUT2D eigenvalue weighted by atomic mass is 16.4. The van der Waals surface area contributed by atoms with Gasteiger partial charge in [0.05, 0.1) is 23.9 Å². The zero-order valence-electron chi connectivity index (χ0n) is 17.2. The van der Waals surface area contributed by atoms with E-state index in [1.807, 2.05) is 49.4 Å². The number of hydrogen-bond donors (Lipinski definition) is 2. The number of aromatic nitrogens is 2. The quantitative estimate of drug-likeness (QED) is 0.654. The summed E-state index contributed by atoms with van der Waals surface area (Å²) < 4.78 is 5.88. The summed E-state index contributed by atoms with van der Waals surface area (Å²) in [5.41, 5.74) is 8.37. The molecule has 1 amide bonds. The molecule has 1 aromatic carbocycles. The molecule has 1 saturated heterocycles. The average Bonchev–Trinajstić information content (AvgIpc) is 3.13. The van der Waals surface area contributed by atoms with Crippen molar-refractivity contribution in [2.45, 2.75) is 32.9 Å². The number of anilines is 1. The highest BCUT2D eigenvalue weighted by molar-refractivity contribution is 5.78. The van der Waals surface area contributed by atoms with Gasteiger partial charge in [-0.2, -0.15) is 0 Å². The Morgan fingerprint density at radius 1 is 1.20 bits per heavy atom. The Balaban J connectivity index is 1.35. The largest absolute Gasteiger partial charge is 0.441 e. The van der Waals surface area contributed by atoms with Crippen LogP contribution >= 0.6 is 0 Å². The second-order valence-corrected chi connectivity index (χ2v) is 7.73. The third-order valence-electron chi connectivity index (χ3n) is 5.44. The smallest absolute Gasteiger partial charge is 0.226 e. The van der Waals surface area contributed by atoms with E-state index in [0.717, 1.165) is 42.1 Å². The summed E-state index contributed by atoms with van der Waals surface area (Å²) in [6, 6.07) is 15.3. The number of nitrogens with zero attached hydrogens (tertiary/aromatic N) is 3. The molecule has 7 heteroatoms. The molecule has 3 aromatic rings. The Labute approximate surface area is 176 Å². The monoisotopic (exact) mass is 405 g/mol. The van der Waals surface area contributed by atoms with Crippen molar-refractivity contribution < 1.29 is 9.21 Å². The maximum Gasteiger partial charge on any atom is 0.226 e. The van der Waals surface area contributed by atoms with E-state index in [4.69, 9.17) is 15.1 Å². The molecule has 0 aliphatic carbocycles. The Hall–Kier alpha value is -3.19. The molecule has 1 aliphatic rings. The third kappa shape index (κ3) is 4.86. The van der Waals surface area contributed by atoms with Gasteiger partial charge in [0, 0.05) is 18.7 Å². The Bertz CT molecular complexity index is 1000. The predicted octanol–water partition coefficient (Wildman–Crippen LogP) is 3.16. The van der Waals surface area contributed by atoms with Gasteiger partial charge in [0.2, 0.25) is 11.8 Å². The molecule has 2 aromatic heterocycles. The lowest BCUT2D eigenvalue weighted by molar-refractivity contribution is -0.127. The number of aryl methyl sites for hydroxylation is 1. The summed E-state index contributed by atoms with van der Waals surface area (Å²) in [5.74, 6) is 1.95. The third-order valence-corrected chi connectivity index (χ3v) is 5.44. The van der Waals surface area contributed by atoms with Gasteiger partial charge in [-0.1, -0.05) is 24.3 Å². The maximum atomic E-state index is 12.7. The van der Waals surface area contributed by atoms with Crippen molar-refractivity contribution in [2.24, 2.45) is 5.92 Å². The molecule has 30 heavy (non-hydrogen) atoms. The van der Waals surface area contributed by atoms with Crippen LogP contribution < -0.4 is 11.1 Å². The van der Waals surface area contributed by atoms with Gasteiger partial charge < -0.3 is 15.5 Å². The van der Waals surface area contributed by atoms with Crippen LogP contribution in [0.15, 0.2) is 52.9 Å². The normalized spacial score (nSPS) is 17.0. The van der Waals surface area contributed by atoms with Crippen LogP contribution in [0.4, 0.5) is 5.82 Å². The van der Waals surface area contributed by atoms with Crippen LogP contribution in [0.2, 0.25) is 0 Å². The second-order valence-electron chi connectivity index (χ2n) is 7.73. The summed E-state index contributed by atoms with van der Waals surface area (Å²) in [7, 11) is 0. The Kier molecular flexibility index (Phi) is 6.09. The minimum absolute atomic E-state index is 0.0411. The molecule has 156 valence electrons. The fraction of sp³-hybridized carbons (Fsp3) is 0.348. The predicted molar refractivity (Wildman–Crippen MR) is 115 cm³/mol. The summed E-state index contributed by atoms with van der Waals surface area (Å²) in [5, 5.41) is 3.00. The molecule has 1 aliphatic heterocycles. The summed E-state index contributed by atoms with van der Waals surface area (Å²) in [4.78, 5) is 23.9. The van der Waals surface area contributed by atoms with Crippen molar-refractivity contribution in [3.63, 3.8) is 0 Å². The first-order valence-corrected chi connectivity index (χ1v) is 10.3. The zero-order valence-corrected chi connectivity index (χ0v) is 17.2. The van der Waals surface area contributed by atoms with Crippen LogP contribution in [0.1, 0.15) is 30.0 Å². The number of pyridine rings is 1. The van der Waals surface area contributed by atoms with Gasteiger partial charge in [-0.3, -0.25) is 9.69 Å². The van der Waals surface area contributed by atoms with Gasteiger partial charge in [0.25, 0.3) is 0 Å². The summed E-state index contributed by atoms with van der Waals surface area (Å²) >= 11 is 0. The number of nitrogens with one attached hydrogen (secondary N) is 1. The molecule has 3 heterocycles. The molecule has 0 saturated carbocycles. The molecule has 0 radical (unpaired) electrons. The molecule has 0 spiro atoms. The van der Waals surface area contributed by atoms with E-state index in [-0.39, 0.29) is 11.8 Å². The lowest BCUT2D eigenvalue weighted by atomic mass is 9.97. The maximum absolute atomic E-state index is 12.7. The van der Waals surface area contributed by atoms with Crippen LogP contribution in [0, 0.1) is 12.8 Å². The highest BCUT2D eigenvalue weighted by Crippen LogP contribution is 2.24. The lowest BCUT2D eigenvalue weighted by Gasteiger charge is -2.31. The average molecular weight is 406 g/mol. The van der Waals surface area contributed by atoms with Crippen molar-refractivity contribution in [1.29, 1.82) is 0 Å². The van der Waals surface area contributed by atoms with E-state index in [1.54, 1.807) is 6.07 Å². The first-order valence-electron chi connectivity index (χ1n) is 10.3. The van der Waals surface area contributed by atoms with Gasteiger partial charge >= 0.3 is 0 Å². The standard InChI is InChI=1S/C23H27N5O2/c1-16-20(27-23(30-16)17-7-3-2-4-8-17)15-28-12-6-9-18(14-28)22(29)25-13-19-10-5-11-21(24)26-19/h2-5,7-8,10-11,18H,6,9,12-15H2,1H3,(H2,24,26)(H,25,29)/t18-/m1/s1. The van der Waals surface area contributed by atoms with Gasteiger partial charge in [-0.15, -0.1) is 0 Å². The van der Waals surface area contributed by atoms with E-state index in [2.05, 4.69) is 15.2 Å². The molecular formula is C23H27N5O2. The second kappa shape index (κ2) is 9.09. The van der Waals surface area contributed by atoms with Crippen molar-refractivity contribution in [2.75, 3.05) is 18.8 Å². The highest BCUT2D eigenvalue weighted by Gasteiger charge is 2.27. The molecule has 1 fully saturated rings.